The van der Waals surface area contributed by atoms with Crippen LogP contribution in [0.1, 0.15) is 5.56 Å². The van der Waals surface area contributed by atoms with Crippen molar-refractivity contribution in [3.63, 3.8) is 0 Å². The van der Waals surface area contributed by atoms with Crippen molar-refractivity contribution in [3.05, 3.63) is 28.8 Å². The molecule has 0 aliphatic rings. The third kappa shape index (κ3) is 4.52. The summed E-state index contributed by atoms with van der Waals surface area (Å²) in [6.45, 7) is 1.76. The van der Waals surface area contributed by atoms with Crippen molar-refractivity contribution in [1.29, 1.82) is 0 Å². The fourth-order valence-electron chi connectivity index (χ4n) is 1.58. The summed E-state index contributed by atoms with van der Waals surface area (Å²) >= 11 is 6.12. The van der Waals surface area contributed by atoms with Crippen LogP contribution in [-0.4, -0.2) is 48.5 Å². The van der Waals surface area contributed by atoms with E-state index in [0.717, 1.165) is 11.3 Å². The Morgan fingerprint density at radius 3 is 2.35 bits per heavy atom. The number of hydrogen-bond donors (Lipinski definition) is 2. The molecule has 4 nitrogen and oxygen atoms in total. The molecule has 0 radical (unpaired) electrons. The standard InChI is InChI=1S/C12H18ClNO3/c1-17-11-3-2-10(12(13)8-11)9-14(4-6-15)5-7-16/h2-3,8,15-16H,4-7,9H2,1H3. The smallest absolute Gasteiger partial charge is 0.120 e. The molecule has 17 heavy (non-hydrogen) atoms. The van der Waals surface area contributed by atoms with Crippen LogP contribution >= 0.6 is 11.6 Å². The topological polar surface area (TPSA) is 52.9 Å². The maximum atomic E-state index is 8.92. The van der Waals surface area contributed by atoms with Gasteiger partial charge in [-0.1, -0.05) is 17.7 Å². The molecule has 0 aliphatic carbocycles. The molecule has 96 valence electrons. The van der Waals surface area contributed by atoms with E-state index >= 15 is 0 Å². The van der Waals surface area contributed by atoms with Gasteiger partial charge in [0.1, 0.15) is 5.75 Å². The van der Waals surface area contributed by atoms with E-state index in [2.05, 4.69) is 0 Å². The molecule has 1 rings (SSSR count). The molecular weight excluding hydrogens is 242 g/mol. The van der Waals surface area contributed by atoms with Crippen molar-refractivity contribution < 1.29 is 14.9 Å². The minimum Gasteiger partial charge on any atom is -0.497 e. The third-order valence-electron chi connectivity index (χ3n) is 2.49. The van der Waals surface area contributed by atoms with Crippen molar-refractivity contribution >= 4 is 11.6 Å². The average molecular weight is 260 g/mol. The Labute approximate surface area is 106 Å². The maximum Gasteiger partial charge on any atom is 0.120 e. The predicted octanol–water partition coefficient (Wildman–Crippen LogP) is 1.14. The lowest BCUT2D eigenvalue weighted by atomic mass is 10.2. The van der Waals surface area contributed by atoms with Crippen LogP contribution in [0.5, 0.6) is 5.75 Å². The van der Waals surface area contributed by atoms with E-state index in [4.69, 9.17) is 26.6 Å². The minimum absolute atomic E-state index is 0.0633. The fraction of sp³-hybridized carbons (Fsp3) is 0.500. The third-order valence-corrected chi connectivity index (χ3v) is 2.84. The Morgan fingerprint density at radius 2 is 1.88 bits per heavy atom. The molecule has 0 amide bonds. The first-order chi connectivity index (χ1) is 8.21. The monoisotopic (exact) mass is 259 g/mol. The number of methoxy groups -OCH3 is 1. The second kappa shape index (κ2) is 7.50. The fourth-order valence-corrected chi connectivity index (χ4v) is 1.81. The van der Waals surface area contributed by atoms with Gasteiger partial charge in [-0.15, -0.1) is 0 Å². The molecule has 1 aromatic carbocycles. The zero-order valence-corrected chi connectivity index (χ0v) is 10.7. The van der Waals surface area contributed by atoms with Crippen LogP contribution in [-0.2, 0) is 6.54 Å². The van der Waals surface area contributed by atoms with Crippen molar-refractivity contribution in [3.8, 4) is 5.75 Å². The number of aliphatic hydroxyl groups excluding tert-OH is 2. The lowest BCUT2D eigenvalue weighted by Gasteiger charge is -2.20. The summed E-state index contributed by atoms with van der Waals surface area (Å²) in [7, 11) is 1.59. The van der Waals surface area contributed by atoms with Gasteiger partial charge in [0.15, 0.2) is 0 Å². The Bertz CT molecular complexity index is 341. The first kappa shape index (κ1) is 14.3. The number of halogens is 1. The summed E-state index contributed by atoms with van der Waals surface area (Å²) in [5.74, 6) is 0.717. The molecular formula is C12H18ClNO3. The summed E-state index contributed by atoms with van der Waals surface area (Å²) in [5, 5.41) is 18.5. The number of nitrogens with zero attached hydrogens (tertiary/aromatic N) is 1. The van der Waals surface area contributed by atoms with Gasteiger partial charge in [0.2, 0.25) is 0 Å². The molecule has 5 heteroatoms. The highest BCUT2D eigenvalue weighted by molar-refractivity contribution is 6.31. The highest BCUT2D eigenvalue weighted by Crippen LogP contribution is 2.23. The SMILES string of the molecule is COc1ccc(CN(CCO)CCO)c(Cl)c1. The number of aliphatic hydroxyl groups is 2. The highest BCUT2D eigenvalue weighted by atomic mass is 35.5. The molecule has 0 aliphatic heterocycles. The van der Waals surface area contributed by atoms with Crippen LogP contribution in [0.15, 0.2) is 18.2 Å². The quantitative estimate of drug-likeness (QED) is 0.771. The summed E-state index contributed by atoms with van der Waals surface area (Å²) < 4.78 is 5.07. The van der Waals surface area contributed by atoms with Gasteiger partial charge in [-0.25, -0.2) is 0 Å². The van der Waals surface area contributed by atoms with Crippen molar-refractivity contribution in [1.82, 2.24) is 4.90 Å². The highest BCUT2D eigenvalue weighted by Gasteiger charge is 2.08. The molecule has 0 saturated carbocycles. The zero-order chi connectivity index (χ0) is 12.7. The molecule has 0 bridgehead atoms. The lowest BCUT2D eigenvalue weighted by molar-refractivity contribution is 0.156. The van der Waals surface area contributed by atoms with Crippen LogP contribution < -0.4 is 4.74 Å². The molecule has 0 atom stereocenters. The molecule has 2 N–H and O–H groups in total. The Hall–Kier alpha value is -0.810. The zero-order valence-electron chi connectivity index (χ0n) is 9.90. The van der Waals surface area contributed by atoms with Gasteiger partial charge in [-0.05, 0) is 17.7 Å². The van der Waals surface area contributed by atoms with E-state index in [0.29, 0.717) is 24.7 Å². The number of ether oxygens (including phenoxy) is 1. The predicted molar refractivity (Wildman–Crippen MR) is 67.5 cm³/mol. The summed E-state index contributed by atoms with van der Waals surface area (Å²) in [5.41, 5.74) is 0.953. The minimum atomic E-state index is 0.0633. The molecule has 1 aromatic rings. The first-order valence-corrected chi connectivity index (χ1v) is 5.85. The second-order valence-electron chi connectivity index (χ2n) is 3.68. The summed E-state index contributed by atoms with van der Waals surface area (Å²) in [4.78, 5) is 1.94. The Balaban J connectivity index is 2.71. The molecule has 0 aromatic heterocycles. The normalized spacial score (nSPS) is 10.9. The molecule has 0 unspecified atom stereocenters. The van der Waals surface area contributed by atoms with Crippen LogP contribution in [0.2, 0.25) is 5.02 Å². The van der Waals surface area contributed by atoms with Crippen molar-refractivity contribution in [2.75, 3.05) is 33.4 Å². The first-order valence-electron chi connectivity index (χ1n) is 5.47. The van der Waals surface area contributed by atoms with E-state index in [1.165, 1.54) is 0 Å². The average Bonchev–Trinajstić information content (AvgIpc) is 2.32. The van der Waals surface area contributed by atoms with Gasteiger partial charge < -0.3 is 14.9 Å². The summed E-state index contributed by atoms with van der Waals surface area (Å²) in [6.07, 6.45) is 0. The van der Waals surface area contributed by atoms with Gasteiger partial charge in [0.25, 0.3) is 0 Å². The van der Waals surface area contributed by atoms with Crippen LogP contribution in [0.4, 0.5) is 0 Å². The Kier molecular flexibility index (Phi) is 6.29. The van der Waals surface area contributed by atoms with E-state index in [1.54, 1.807) is 13.2 Å². The number of hydrogen-bond acceptors (Lipinski definition) is 4. The van der Waals surface area contributed by atoms with E-state index in [1.807, 2.05) is 17.0 Å². The van der Waals surface area contributed by atoms with Crippen LogP contribution in [0, 0.1) is 0 Å². The van der Waals surface area contributed by atoms with Crippen molar-refractivity contribution in [2.24, 2.45) is 0 Å². The van der Waals surface area contributed by atoms with Gasteiger partial charge in [0, 0.05) is 24.7 Å². The molecule has 0 saturated heterocycles. The van der Waals surface area contributed by atoms with Gasteiger partial charge >= 0.3 is 0 Å². The van der Waals surface area contributed by atoms with Crippen LogP contribution in [0.25, 0.3) is 0 Å². The second-order valence-corrected chi connectivity index (χ2v) is 4.09. The largest absolute Gasteiger partial charge is 0.497 e. The van der Waals surface area contributed by atoms with Gasteiger partial charge in [0.05, 0.1) is 20.3 Å². The van der Waals surface area contributed by atoms with E-state index < -0.39 is 0 Å². The summed E-state index contributed by atoms with van der Waals surface area (Å²) in [6, 6.07) is 5.49. The maximum absolute atomic E-state index is 8.92. The van der Waals surface area contributed by atoms with Gasteiger partial charge in [-0.3, -0.25) is 4.90 Å². The number of benzene rings is 1. The van der Waals surface area contributed by atoms with E-state index in [-0.39, 0.29) is 13.2 Å². The number of rotatable bonds is 7. The lowest BCUT2D eigenvalue weighted by Crippen LogP contribution is -2.29. The van der Waals surface area contributed by atoms with E-state index in [9.17, 15) is 0 Å². The molecule has 0 fully saturated rings. The van der Waals surface area contributed by atoms with Crippen molar-refractivity contribution in [2.45, 2.75) is 6.54 Å². The van der Waals surface area contributed by atoms with Gasteiger partial charge in [-0.2, -0.15) is 0 Å². The molecule has 0 heterocycles. The van der Waals surface area contributed by atoms with Crippen LogP contribution in [0.3, 0.4) is 0 Å². The Morgan fingerprint density at radius 1 is 1.24 bits per heavy atom. The molecule has 0 spiro atoms.